The van der Waals surface area contributed by atoms with E-state index in [1.54, 1.807) is 0 Å². The fourth-order valence-electron chi connectivity index (χ4n) is 2.49. The van der Waals surface area contributed by atoms with E-state index < -0.39 is 11.9 Å². The third-order valence-corrected chi connectivity index (χ3v) is 4.18. The molecule has 2 fully saturated rings. The molecule has 2 N–H and O–H groups in total. The lowest BCUT2D eigenvalue weighted by molar-refractivity contribution is -0.130. The van der Waals surface area contributed by atoms with E-state index in [0.29, 0.717) is 31.7 Å². The number of carbonyl (C=O) groups excluding carboxylic acids is 2. The summed E-state index contributed by atoms with van der Waals surface area (Å²) in [4.78, 5) is 25.7. The predicted octanol–water partition coefficient (Wildman–Crippen LogP) is 0.920. The van der Waals surface area contributed by atoms with Gasteiger partial charge in [0.1, 0.15) is 11.9 Å². The lowest BCUT2D eigenvalue weighted by atomic mass is 10.0. The summed E-state index contributed by atoms with van der Waals surface area (Å²) in [7, 11) is 0. The molecule has 2 saturated heterocycles. The van der Waals surface area contributed by atoms with Crippen LogP contribution < -0.4 is 15.5 Å². The Morgan fingerprint density at radius 2 is 2.19 bits per heavy atom. The molecule has 0 saturated carbocycles. The zero-order valence-electron chi connectivity index (χ0n) is 11.2. The predicted molar refractivity (Wildman–Crippen MR) is 76.7 cm³/mol. The molecule has 0 aromatic heterocycles. The molecule has 1 aromatic carbocycles. The van der Waals surface area contributed by atoms with Crippen LogP contribution in [-0.4, -0.2) is 37.5 Å². The van der Waals surface area contributed by atoms with Crippen LogP contribution in [0.3, 0.4) is 0 Å². The van der Waals surface area contributed by atoms with Crippen molar-refractivity contribution in [2.24, 2.45) is 5.92 Å². The Bertz CT molecular complexity index is 592. The minimum absolute atomic E-state index is 0.0201. The van der Waals surface area contributed by atoms with Crippen molar-refractivity contribution in [1.29, 1.82) is 0 Å². The molecule has 0 spiro atoms. The van der Waals surface area contributed by atoms with E-state index in [1.165, 1.54) is 23.1 Å². The first-order valence-electron chi connectivity index (χ1n) is 6.84. The first kappa shape index (κ1) is 14.3. The monoisotopic (exact) mass is 311 g/mol. The van der Waals surface area contributed by atoms with E-state index in [0.717, 1.165) is 0 Å². The van der Waals surface area contributed by atoms with Crippen LogP contribution in [0.2, 0.25) is 5.02 Å². The Hall–Kier alpha value is -1.66. The number of nitrogens with one attached hydrogen (secondary N) is 2. The van der Waals surface area contributed by atoms with Crippen molar-refractivity contribution in [2.45, 2.75) is 12.5 Å². The van der Waals surface area contributed by atoms with Crippen LogP contribution in [0.5, 0.6) is 0 Å². The Morgan fingerprint density at radius 1 is 1.43 bits per heavy atom. The SMILES string of the molecule is O=C(NC1CCN(c2ccc(F)c(Cl)c2)C1=O)C1CNC1. The summed E-state index contributed by atoms with van der Waals surface area (Å²) >= 11 is 5.74. The van der Waals surface area contributed by atoms with Gasteiger partial charge in [-0.05, 0) is 24.6 Å². The number of amides is 2. The van der Waals surface area contributed by atoms with E-state index in [9.17, 15) is 14.0 Å². The van der Waals surface area contributed by atoms with Gasteiger partial charge in [-0.25, -0.2) is 4.39 Å². The lowest BCUT2D eigenvalue weighted by Crippen LogP contribution is -2.54. The van der Waals surface area contributed by atoms with Gasteiger partial charge in [0.15, 0.2) is 0 Å². The molecule has 2 amide bonds. The highest BCUT2D eigenvalue weighted by molar-refractivity contribution is 6.31. The van der Waals surface area contributed by atoms with Gasteiger partial charge >= 0.3 is 0 Å². The summed E-state index contributed by atoms with van der Waals surface area (Å²) in [6.07, 6.45) is 0.541. The number of anilines is 1. The quantitative estimate of drug-likeness (QED) is 0.872. The standard InChI is InChI=1S/C14H15ClFN3O2/c15-10-5-9(1-2-11(10)16)19-4-3-12(14(19)21)18-13(20)8-6-17-7-8/h1-2,5,8,12,17H,3-4,6-7H2,(H,18,20). The smallest absolute Gasteiger partial charge is 0.249 e. The van der Waals surface area contributed by atoms with Gasteiger partial charge in [-0.3, -0.25) is 9.59 Å². The Kier molecular flexibility index (Phi) is 3.82. The largest absolute Gasteiger partial charge is 0.344 e. The second-order valence-corrected chi connectivity index (χ2v) is 5.70. The summed E-state index contributed by atoms with van der Waals surface area (Å²) < 4.78 is 13.2. The zero-order valence-corrected chi connectivity index (χ0v) is 12.0. The Balaban J connectivity index is 1.67. The van der Waals surface area contributed by atoms with Crippen LogP contribution in [0.15, 0.2) is 18.2 Å². The highest BCUT2D eigenvalue weighted by Crippen LogP contribution is 2.26. The summed E-state index contributed by atoms with van der Waals surface area (Å²) in [5.74, 6) is -0.842. The van der Waals surface area contributed by atoms with Crippen molar-refractivity contribution in [3.63, 3.8) is 0 Å². The second kappa shape index (κ2) is 5.61. The number of benzene rings is 1. The molecule has 0 radical (unpaired) electrons. The normalized spacial score (nSPS) is 22.3. The molecule has 0 bridgehead atoms. The van der Waals surface area contributed by atoms with Crippen LogP contribution >= 0.6 is 11.6 Å². The molecule has 112 valence electrons. The molecular weight excluding hydrogens is 297 g/mol. The maximum atomic E-state index is 13.2. The second-order valence-electron chi connectivity index (χ2n) is 5.29. The highest BCUT2D eigenvalue weighted by atomic mass is 35.5. The summed E-state index contributed by atoms with van der Waals surface area (Å²) in [6.45, 7) is 1.79. The molecule has 21 heavy (non-hydrogen) atoms. The topological polar surface area (TPSA) is 61.4 Å². The lowest BCUT2D eigenvalue weighted by Gasteiger charge is -2.27. The average molecular weight is 312 g/mol. The van der Waals surface area contributed by atoms with Gasteiger partial charge in [-0.2, -0.15) is 0 Å². The first-order valence-corrected chi connectivity index (χ1v) is 7.21. The molecular formula is C14H15ClFN3O2. The van der Waals surface area contributed by atoms with Gasteiger partial charge in [0.2, 0.25) is 11.8 Å². The van der Waals surface area contributed by atoms with E-state index in [1.807, 2.05) is 0 Å². The summed E-state index contributed by atoms with van der Waals surface area (Å²) in [6, 6.07) is 3.66. The van der Waals surface area contributed by atoms with E-state index in [4.69, 9.17) is 11.6 Å². The van der Waals surface area contributed by atoms with Crippen molar-refractivity contribution in [1.82, 2.24) is 10.6 Å². The van der Waals surface area contributed by atoms with Gasteiger partial charge in [0, 0.05) is 25.3 Å². The molecule has 5 nitrogen and oxygen atoms in total. The molecule has 2 aliphatic rings. The molecule has 2 aliphatic heterocycles. The molecule has 3 rings (SSSR count). The maximum absolute atomic E-state index is 13.2. The number of hydrogen-bond acceptors (Lipinski definition) is 3. The molecule has 1 unspecified atom stereocenters. The minimum atomic E-state index is -0.519. The van der Waals surface area contributed by atoms with Crippen LogP contribution in [0.4, 0.5) is 10.1 Å². The van der Waals surface area contributed by atoms with Crippen LogP contribution in [0.25, 0.3) is 0 Å². The van der Waals surface area contributed by atoms with Gasteiger partial charge in [-0.15, -0.1) is 0 Å². The van der Waals surface area contributed by atoms with Gasteiger partial charge in [-0.1, -0.05) is 11.6 Å². The number of halogens is 2. The third kappa shape index (κ3) is 2.73. The highest BCUT2D eigenvalue weighted by Gasteiger charge is 2.36. The van der Waals surface area contributed by atoms with Crippen molar-refractivity contribution in [2.75, 3.05) is 24.5 Å². The van der Waals surface area contributed by atoms with Crippen LogP contribution in [-0.2, 0) is 9.59 Å². The van der Waals surface area contributed by atoms with Crippen molar-refractivity contribution in [3.8, 4) is 0 Å². The third-order valence-electron chi connectivity index (χ3n) is 3.89. The maximum Gasteiger partial charge on any atom is 0.249 e. The molecule has 0 aliphatic carbocycles. The van der Waals surface area contributed by atoms with Gasteiger partial charge in [0.25, 0.3) is 0 Å². The van der Waals surface area contributed by atoms with Crippen LogP contribution in [0, 0.1) is 11.7 Å². The first-order chi connectivity index (χ1) is 10.1. The van der Waals surface area contributed by atoms with Crippen molar-refractivity contribution < 1.29 is 14.0 Å². The van der Waals surface area contributed by atoms with E-state index in [-0.39, 0.29) is 22.8 Å². The Morgan fingerprint density at radius 3 is 2.81 bits per heavy atom. The van der Waals surface area contributed by atoms with Gasteiger partial charge < -0.3 is 15.5 Å². The number of carbonyl (C=O) groups is 2. The summed E-state index contributed by atoms with van der Waals surface area (Å²) in [5.41, 5.74) is 0.549. The zero-order chi connectivity index (χ0) is 15.0. The number of rotatable bonds is 3. The van der Waals surface area contributed by atoms with Crippen LogP contribution in [0.1, 0.15) is 6.42 Å². The number of hydrogen-bond donors (Lipinski definition) is 2. The molecule has 1 aromatic rings. The minimum Gasteiger partial charge on any atom is -0.344 e. The van der Waals surface area contributed by atoms with Crippen molar-refractivity contribution >= 4 is 29.1 Å². The fraction of sp³-hybridized carbons (Fsp3) is 0.429. The van der Waals surface area contributed by atoms with Crippen molar-refractivity contribution in [3.05, 3.63) is 29.0 Å². The van der Waals surface area contributed by atoms with Gasteiger partial charge in [0.05, 0.1) is 10.9 Å². The number of nitrogens with zero attached hydrogens (tertiary/aromatic N) is 1. The molecule has 2 heterocycles. The average Bonchev–Trinajstić information content (AvgIpc) is 2.72. The molecule has 7 heteroatoms. The molecule has 1 atom stereocenters. The van der Waals surface area contributed by atoms with E-state index >= 15 is 0 Å². The summed E-state index contributed by atoms with van der Waals surface area (Å²) in [5, 5.41) is 5.78. The Labute approximate surface area is 126 Å². The van der Waals surface area contributed by atoms with E-state index in [2.05, 4.69) is 10.6 Å². The fourth-order valence-corrected chi connectivity index (χ4v) is 2.66.